The molecule has 0 saturated carbocycles. The highest BCUT2D eigenvalue weighted by molar-refractivity contribution is 9.10. The van der Waals surface area contributed by atoms with Gasteiger partial charge in [0.1, 0.15) is 13.2 Å². The van der Waals surface area contributed by atoms with Crippen LogP contribution in [0.1, 0.15) is 6.92 Å². The first-order chi connectivity index (χ1) is 6.83. The molecule has 0 bridgehead atoms. The molecule has 0 N–H and O–H groups in total. The molecule has 1 aliphatic heterocycles. The molecule has 0 aliphatic carbocycles. The summed E-state index contributed by atoms with van der Waals surface area (Å²) < 4.78 is 17.3. The van der Waals surface area contributed by atoms with Gasteiger partial charge in [-0.2, -0.15) is 0 Å². The minimum absolute atomic E-state index is 0.573. The molecule has 0 fully saturated rings. The van der Waals surface area contributed by atoms with E-state index in [2.05, 4.69) is 15.9 Å². The largest absolute Gasteiger partial charge is 0.490 e. The van der Waals surface area contributed by atoms with E-state index in [1.807, 2.05) is 19.1 Å². The van der Waals surface area contributed by atoms with E-state index in [-0.39, 0.29) is 0 Å². The maximum absolute atomic E-state index is 5.51. The third-order valence-corrected chi connectivity index (χ3v) is 2.53. The number of rotatable bonds is 2. The Morgan fingerprint density at radius 3 is 2.71 bits per heavy atom. The number of ether oxygens (including phenoxy) is 3. The number of halogens is 1. The summed E-state index contributed by atoms with van der Waals surface area (Å²) in [6.45, 7) is 3.72. The van der Waals surface area contributed by atoms with Crippen molar-refractivity contribution in [1.82, 2.24) is 0 Å². The molecule has 0 spiro atoms. The predicted octanol–water partition coefficient (Wildman–Crippen LogP) is 2.62. The van der Waals surface area contributed by atoms with Gasteiger partial charge in [-0.1, -0.05) is 0 Å². The molecule has 76 valence electrons. The fourth-order valence-corrected chi connectivity index (χ4v) is 1.78. The van der Waals surface area contributed by atoms with Gasteiger partial charge in [-0.15, -0.1) is 0 Å². The molecular weight excluding hydrogens is 248 g/mol. The van der Waals surface area contributed by atoms with Crippen molar-refractivity contribution >= 4 is 15.9 Å². The average molecular weight is 259 g/mol. The Morgan fingerprint density at radius 2 is 2.00 bits per heavy atom. The van der Waals surface area contributed by atoms with Crippen molar-refractivity contribution in [1.29, 1.82) is 0 Å². The lowest BCUT2D eigenvalue weighted by molar-refractivity contribution is 0.161. The standard InChI is InChI=1S/C10H11BrO3/c1-2-12-8-4-3-7(11)9-10(8)14-6-5-13-9/h3-4H,2,5-6H2,1H3. The van der Waals surface area contributed by atoms with Gasteiger partial charge in [0.25, 0.3) is 0 Å². The lowest BCUT2D eigenvalue weighted by Crippen LogP contribution is -2.16. The number of fused-ring (bicyclic) bond motifs is 1. The van der Waals surface area contributed by atoms with Gasteiger partial charge in [0, 0.05) is 0 Å². The molecule has 1 heterocycles. The topological polar surface area (TPSA) is 27.7 Å². The minimum Gasteiger partial charge on any atom is -0.490 e. The van der Waals surface area contributed by atoms with Gasteiger partial charge in [-0.25, -0.2) is 0 Å². The normalized spacial score (nSPS) is 13.9. The van der Waals surface area contributed by atoms with Gasteiger partial charge < -0.3 is 14.2 Å². The quantitative estimate of drug-likeness (QED) is 0.817. The summed E-state index contributed by atoms with van der Waals surface area (Å²) in [6.07, 6.45) is 0. The zero-order chi connectivity index (χ0) is 9.97. The molecule has 0 atom stereocenters. The maximum atomic E-state index is 5.51. The molecule has 1 aromatic carbocycles. The molecule has 0 saturated heterocycles. The summed E-state index contributed by atoms with van der Waals surface area (Å²) in [5.74, 6) is 2.18. The van der Waals surface area contributed by atoms with Crippen LogP contribution in [0, 0.1) is 0 Å². The van der Waals surface area contributed by atoms with Crippen LogP contribution in [0.2, 0.25) is 0 Å². The fraction of sp³-hybridized carbons (Fsp3) is 0.400. The Hall–Kier alpha value is -0.900. The molecular formula is C10H11BrO3. The van der Waals surface area contributed by atoms with Crippen molar-refractivity contribution in [2.24, 2.45) is 0 Å². The van der Waals surface area contributed by atoms with Crippen molar-refractivity contribution in [3.05, 3.63) is 16.6 Å². The van der Waals surface area contributed by atoms with E-state index in [4.69, 9.17) is 14.2 Å². The molecule has 3 nitrogen and oxygen atoms in total. The van der Waals surface area contributed by atoms with Crippen LogP contribution in [0.4, 0.5) is 0 Å². The van der Waals surface area contributed by atoms with Gasteiger partial charge in [0.05, 0.1) is 11.1 Å². The molecule has 0 aromatic heterocycles. The van der Waals surface area contributed by atoms with Crippen molar-refractivity contribution in [2.45, 2.75) is 6.92 Å². The van der Waals surface area contributed by atoms with Gasteiger partial charge in [0.2, 0.25) is 5.75 Å². The van der Waals surface area contributed by atoms with E-state index in [0.29, 0.717) is 25.6 Å². The Bertz CT molecular complexity index is 338. The lowest BCUT2D eigenvalue weighted by atomic mass is 10.3. The highest BCUT2D eigenvalue weighted by Gasteiger charge is 2.19. The van der Waals surface area contributed by atoms with Crippen molar-refractivity contribution < 1.29 is 14.2 Å². The molecule has 0 amide bonds. The van der Waals surface area contributed by atoms with Crippen LogP contribution in [0.25, 0.3) is 0 Å². The zero-order valence-corrected chi connectivity index (χ0v) is 9.46. The Balaban J connectivity index is 2.42. The SMILES string of the molecule is CCOc1ccc(Br)c2c1OCCO2. The predicted molar refractivity (Wildman–Crippen MR) is 56.3 cm³/mol. The molecule has 1 aliphatic rings. The molecule has 0 unspecified atom stereocenters. The fourth-order valence-electron chi connectivity index (χ4n) is 1.35. The summed E-state index contributed by atoms with van der Waals surface area (Å²) in [5.41, 5.74) is 0. The Kier molecular flexibility index (Phi) is 2.82. The van der Waals surface area contributed by atoms with Crippen LogP contribution >= 0.6 is 15.9 Å². The van der Waals surface area contributed by atoms with E-state index in [9.17, 15) is 0 Å². The number of benzene rings is 1. The Morgan fingerprint density at radius 1 is 1.29 bits per heavy atom. The van der Waals surface area contributed by atoms with Crippen LogP contribution < -0.4 is 14.2 Å². The van der Waals surface area contributed by atoms with Gasteiger partial charge in [0.15, 0.2) is 11.5 Å². The molecule has 4 heteroatoms. The molecule has 2 rings (SSSR count). The third kappa shape index (κ3) is 1.66. The van der Waals surface area contributed by atoms with Crippen molar-refractivity contribution in [3.8, 4) is 17.2 Å². The first-order valence-electron chi connectivity index (χ1n) is 4.54. The summed E-state index contributed by atoms with van der Waals surface area (Å²) in [6, 6.07) is 3.78. The van der Waals surface area contributed by atoms with E-state index in [0.717, 1.165) is 16.0 Å². The Labute approximate surface area is 91.1 Å². The average Bonchev–Trinajstić information content (AvgIpc) is 2.23. The van der Waals surface area contributed by atoms with E-state index in [1.54, 1.807) is 0 Å². The summed E-state index contributed by atoms with van der Waals surface area (Å²) >= 11 is 3.41. The van der Waals surface area contributed by atoms with Crippen LogP contribution in [-0.4, -0.2) is 19.8 Å². The van der Waals surface area contributed by atoms with E-state index >= 15 is 0 Å². The van der Waals surface area contributed by atoms with Crippen LogP contribution in [0.5, 0.6) is 17.2 Å². The van der Waals surface area contributed by atoms with E-state index < -0.39 is 0 Å². The smallest absolute Gasteiger partial charge is 0.204 e. The highest BCUT2D eigenvalue weighted by Crippen LogP contribution is 2.44. The third-order valence-electron chi connectivity index (χ3n) is 1.90. The lowest BCUT2D eigenvalue weighted by Gasteiger charge is -2.21. The van der Waals surface area contributed by atoms with E-state index in [1.165, 1.54) is 0 Å². The number of hydrogen-bond acceptors (Lipinski definition) is 3. The van der Waals surface area contributed by atoms with Gasteiger partial charge in [-0.3, -0.25) is 0 Å². The number of hydrogen-bond donors (Lipinski definition) is 0. The first kappa shape index (κ1) is 9.65. The van der Waals surface area contributed by atoms with Crippen LogP contribution in [0.15, 0.2) is 16.6 Å². The highest BCUT2D eigenvalue weighted by atomic mass is 79.9. The zero-order valence-electron chi connectivity index (χ0n) is 7.88. The minimum atomic E-state index is 0.573. The summed E-state index contributed by atoms with van der Waals surface area (Å²) in [4.78, 5) is 0. The van der Waals surface area contributed by atoms with Crippen LogP contribution in [-0.2, 0) is 0 Å². The van der Waals surface area contributed by atoms with Gasteiger partial charge in [-0.05, 0) is 35.0 Å². The summed E-state index contributed by atoms with van der Waals surface area (Å²) in [5, 5.41) is 0. The second kappa shape index (κ2) is 4.09. The second-order valence-corrected chi connectivity index (χ2v) is 3.69. The second-order valence-electron chi connectivity index (χ2n) is 2.83. The van der Waals surface area contributed by atoms with Crippen molar-refractivity contribution in [2.75, 3.05) is 19.8 Å². The molecule has 1 aromatic rings. The first-order valence-corrected chi connectivity index (χ1v) is 5.33. The summed E-state index contributed by atoms with van der Waals surface area (Å²) in [7, 11) is 0. The monoisotopic (exact) mass is 258 g/mol. The van der Waals surface area contributed by atoms with Crippen molar-refractivity contribution in [3.63, 3.8) is 0 Å². The van der Waals surface area contributed by atoms with Crippen LogP contribution in [0.3, 0.4) is 0 Å². The molecule has 0 radical (unpaired) electrons. The van der Waals surface area contributed by atoms with Gasteiger partial charge >= 0.3 is 0 Å². The maximum Gasteiger partial charge on any atom is 0.204 e. The molecule has 14 heavy (non-hydrogen) atoms.